The van der Waals surface area contributed by atoms with Gasteiger partial charge in [0, 0.05) is 19.5 Å². The van der Waals surface area contributed by atoms with Gasteiger partial charge in [-0.1, -0.05) is 67.7 Å². The van der Waals surface area contributed by atoms with Gasteiger partial charge in [0.2, 0.25) is 5.91 Å². The fourth-order valence-corrected chi connectivity index (χ4v) is 2.05. The summed E-state index contributed by atoms with van der Waals surface area (Å²) in [5.74, 6) is 0.0952. The van der Waals surface area contributed by atoms with E-state index in [9.17, 15) is 4.79 Å². The highest BCUT2D eigenvalue weighted by Crippen LogP contribution is 1.99. The summed E-state index contributed by atoms with van der Waals surface area (Å²) in [5, 5.41) is 2.77. The molecular weight excluding hydrogens is 308 g/mol. The second-order valence-corrected chi connectivity index (χ2v) is 5.74. The van der Waals surface area contributed by atoms with Gasteiger partial charge in [-0.15, -0.1) is 0 Å². The standard InChI is InChI=1S/C22H36N2O/c1-2-3-4-5-6-7-8-9-10-11-12-13-14-15-16-17-18-19-22(25)24-21-20-23/h3-4,6-7,9-10,12-13,15-16H,2,5,8,11,14,17-21,23H2,1H3,(H,24,25). The maximum atomic E-state index is 11.3. The van der Waals surface area contributed by atoms with Crippen molar-refractivity contribution in [2.75, 3.05) is 13.1 Å². The Bertz CT molecular complexity index is 445. The van der Waals surface area contributed by atoms with Crippen molar-refractivity contribution >= 4 is 5.91 Å². The Morgan fingerprint density at radius 2 is 1.28 bits per heavy atom. The molecule has 0 atom stereocenters. The fourth-order valence-electron chi connectivity index (χ4n) is 2.05. The highest BCUT2D eigenvalue weighted by atomic mass is 16.1. The predicted molar refractivity (Wildman–Crippen MR) is 110 cm³/mol. The molecule has 0 saturated carbocycles. The molecule has 0 radical (unpaired) electrons. The molecule has 0 aromatic heterocycles. The molecule has 3 N–H and O–H groups in total. The molecule has 0 unspecified atom stereocenters. The van der Waals surface area contributed by atoms with Gasteiger partial charge < -0.3 is 11.1 Å². The molecule has 1 amide bonds. The van der Waals surface area contributed by atoms with E-state index in [4.69, 9.17) is 5.73 Å². The van der Waals surface area contributed by atoms with Crippen molar-refractivity contribution in [3.05, 3.63) is 60.8 Å². The Labute approximate surface area is 154 Å². The van der Waals surface area contributed by atoms with E-state index >= 15 is 0 Å². The molecular formula is C22H36N2O. The third kappa shape index (κ3) is 20.1. The summed E-state index contributed by atoms with van der Waals surface area (Å²) in [4.78, 5) is 11.3. The minimum absolute atomic E-state index is 0.0952. The van der Waals surface area contributed by atoms with Gasteiger partial charge in [-0.3, -0.25) is 4.79 Å². The summed E-state index contributed by atoms with van der Waals surface area (Å²) in [7, 11) is 0. The number of nitrogens with two attached hydrogens (primary N) is 1. The van der Waals surface area contributed by atoms with E-state index < -0.39 is 0 Å². The van der Waals surface area contributed by atoms with Gasteiger partial charge in [0.1, 0.15) is 0 Å². The number of hydrogen-bond donors (Lipinski definition) is 2. The van der Waals surface area contributed by atoms with E-state index in [2.05, 4.69) is 73.0 Å². The zero-order valence-corrected chi connectivity index (χ0v) is 15.8. The molecule has 0 heterocycles. The average Bonchev–Trinajstić information content (AvgIpc) is 2.62. The predicted octanol–water partition coefficient (Wildman–Crippen LogP) is 4.98. The van der Waals surface area contributed by atoms with Gasteiger partial charge in [-0.2, -0.15) is 0 Å². The number of unbranched alkanes of at least 4 members (excludes halogenated alkanes) is 1. The van der Waals surface area contributed by atoms with Gasteiger partial charge in [-0.25, -0.2) is 0 Å². The molecule has 0 fully saturated rings. The van der Waals surface area contributed by atoms with Crippen LogP contribution < -0.4 is 11.1 Å². The largest absolute Gasteiger partial charge is 0.355 e. The van der Waals surface area contributed by atoms with Gasteiger partial charge in [0.05, 0.1) is 0 Å². The molecule has 3 heteroatoms. The average molecular weight is 345 g/mol. The Balaban J connectivity index is 3.49. The van der Waals surface area contributed by atoms with Crippen LogP contribution in [-0.4, -0.2) is 19.0 Å². The SMILES string of the molecule is CCC=CCC=CCC=CCC=CCC=CCCCC(=O)NCCN. The van der Waals surface area contributed by atoms with Crippen LogP contribution >= 0.6 is 0 Å². The number of nitrogens with one attached hydrogen (secondary N) is 1. The van der Waals surface area contributed by atoms with E-state index in [0.29, 0.717) is 19.5 Å². The lowest BCUT2D eigenvalue weighted by Crippen LogP contribution is -2.28. The maximum absolute atomic E-state index is 11.3. The summed E-state index contributed by atoms with van der Waals surface area (Å²) in [6.07, 6.45) is 29.4. The number of carbonyl (C=O) groups is 1. The van der Waals surface area contributed by atoms with Crippen molar-refractivity contribution in [3.8, 4) is 0 Å². The molecule has 140 valence electrons. The molecule has 0 aliphatic carbocycles. The monoisotopic (exact) mass is 344 g/mol. The minimum atomic E-state index is 0.0952. The lowest BCUT2D eigenvalue weighted by Gasteiger charge is -2.01. The summed E-state index contributed by atoms with van der Waals surface area (Å²) < 4.78 is 0. The highest BCUT2D eigenvalue weighted by Gasteiger charge is 1.97. The molecule has 0 aromatic carbocycles. The van der Waals surface area contributed by atoms with Crippen LogP contribution in [0, 0.1) is 0 Å². The van der Waals surface area contributed by atoms with Crippen molar-refractivity contribution in [1.82, 2.24) is 5.32 Å². The van der Waals surface area contributed by atoms with E-state index in [1.54, 1.807) is 0 Å². The molecule has 0 aliphatic heterocycles. The Kier molecular flexibility index (Phi) is 18.7. The number of carbonyl (C=O) groups excluding carboxylic acids is 1. The first-order valence-electron chi connectivity index (χ1n) is 9.53. The van der Waals surface area contributed by atoms with Crippen molar-refractivity contribution in [2.24, 2.45) is 5.73 Å². The molecule has 3 nitrogen and oxygen atoms in total. The summed E-state index contributed by atoms with van der Waals surface area (Å²) >= 11 is 0. The highest BCUT2D eigenvalue weighted by molar-refractivity contribution is 5.75. The van der Waals surface area contributed by atoms with Crippen LogP contribution in [0.15, 0.2) is 60.8 Å². The minimum Gasteiger partial charge on any atom is -0.355 e. The maximum Gasteiger partial charge on any atom is 0.220 e. The lowest BCUT2D eigenvalue weighted by molar-refractivity contribution is -0.121. The van der Waals surface area contributed by atoms with Gasteiger partial charge >= 0.3 is 0 Å². The van der Waals surface area contributed by atoms with Gasteiger partial charge in [-0.05, 0) is 44.9 Å². The number of allylic oxidation sites excluding steroid dienone is 10. The van der Waals surface area contributed by atoms with E-state index in [-0.39, 0.29) is 5.91 Å². The number of amides is 1. The van der Waals surface area contributed by atoms with Gasteiger partial charge in [0.15, 0.2) is 0 Å². The van der Waals surface area contributed by atoms with Crippen LogP contribution in [-0.2, 0) is 4.79 Å². The Morgan fingerprint density at radius 1 is 0.800 bits per heavy atom. The first-order valence-corrected chi connectivity index (χ1v) is 9.53. The Morgan fingerprint density at radius 3 is 1.76 bits per heavy atom. The number of hydrogen-bond acceptors (Lipinski definition) is 2. The zero-order valence-electron chi connectivity index (χ0n) is 15.8. The van der Waals surface area contributed by atoms with Crippen LogP contribution in [0.2, 0.25) is 0 Å². The van der Waals surface area contributed by atoms with E-state index in [0.717, 1.165) is 44.9 Å². The molecule has 25 heavy (non-hydrogen) atoms. The summed E-state index contributed by atoms with van der Waals surface area (Å²) in [6, 6.07) is 0. The molecule has 0 spiro atoms. The first kappa shape index (κ1) is 23.1. The molecule has 0 bridgehead atoms. The molecule has 0 saturated heterocycles. The first-order chi connectivity index (χ1) is 12.3. The quantitative estimate of drug-likeness (QED) is 0.325. The summed E-state index contributed by atoms with van der Waals surface area (Å²) in [6.45, 7) is 3.22. The van der Waals surface area contributed by atoms with Crippen LogP contribution in [0.4, 0.5) is 0 Å². The van der Waals surface area contributed by atoms with Crippen LogP contribution in [0.1, 0.15) is 58.3 Å². The fraction of sp³-hybridized carbons (Fsp3) is 0.500. The second kappa shape index (κ2) is 20.2. The van der Waals surface area contributed by atoms with Crippen LogP contribution in [0.5, 0.6) is 0 Å². The van der Waals surface area contributed by atoms with Crippen molar-refractivity contribution in [3.63, 3.8) is 0 Å². The topological polar surface area (TPSA) is 55.1 Å². The second-order valence-electron chi connectivity index (χ2n) is 5.74. The molecule has 0 rings (SSSR count). The molecule has 0 aromatic rings. The normalized spacial score (nSPS) is 12.6. The van der Waals surface area contributed by atoms with Gasteiger partial charge in [0.25, 0.3) is 0 Å². The van der Waals surface area contributed by atoms with Crippen molar-refractivity contribution in [2.45, 2.75) is 58.3 Å². The third-order valence-electron chi connectivity index (χ3n) is 3.40. The van der Waals surface area contributed by atoms with Crippen molar-refractivity contribution < 1.29 is 4.79 Å². The van der Waals surface area contributed by atoms with Crippen LogP contribution in [0.3, 0.4) is 0 Å². The molecule has 0 aliphatic rings. The van der Waals surface area contributed by atoms with Crippen LogP contribution in [0.25, 0.3) is 0 Å². The van der Waals surface area contributed by atoms with E-state index in [1.807, 2.05) is 0 Å². The Hall–Kier alpha value is -1.87. The number of rotatable bonds is 15. The smallest absolute Gasteiger partial charge is 0.220 e. The van der Waals surface area contributed by atoms with Crippen molar-refractivity contribution in [1.29, 1.82) is 0 Å². The third-order valence-corrected chi connectivity index (χ3v) is 3.40. The lowest BCUT2D eigenvalue weighted by atomic mass is 10.2. The summed E-state index contributed by atoms with van der Waals surface area (Å²) in [5.41, 5.74) is 5.33. The zero-order chi connectivity index (χ0) is 18.4. The van der Waals surface area contributed by atoms with E-state index in [1.165, 1.54) is 0 Å².